The van der Waals surface area contributed by atoms with Gasteiger partial charge in [0, 0.05) is 10.0 Å². The Hall–Kier alpha value is -2.15. The fourth-order valence-electron chi connectivity index (χ4n) is 2.47. The third-order valence-electron chi connectivity index (χ3n) is 3.51. The number of rotatable bonds is 4. The predicted molar refractivity (Wildman–Crippen MR) is 104 cm³/mol. The molecule has 0 aliphatic heterocycles. The zero-order valence-corrected chi connectivity index (χ0v) is 16.3. The molecule has 0 unspecified atom stereocenters. The molecule has 1 amide bonds. The minimum Gasteiger partial charge on any atom is -0.452 e. The predicted octanol–water partition coefficient (Wildman–Crippen LogP) is 5.02. The van der Waals surface area contributed by atoms with E-state index in [0.717, 1.165) is 21.3 Å². The van der Waals surface area contributed by atoms with Crippen molar-refractivity contribution in [3.8, 4) is 0 Å². The molecule has 1 heterocycles. The molecule has 0 aliphatic carbocycles. The van der Waals surface area contributed by atoms with Gasteiger partial charge < -0.3 is 4.74 Å². The van der Waals surface area contributed by atoms with Crippen LogP contribution in [-0.4, -0.2) is 23.5 Å². The van der Waals surface area contributed by atoms with Crippen molar-refractivity contribution in [2.24, 2.45) is 0 Å². The summed E-state index contributed by atoms with van der Waals surface area (Å²) in [7, 11) is 0. The highest BCUT2D eigenvalue weighted by atomic mass is 35.5. The molecule has 0 spiro atoms. The second-order valence-electron chi connectivity index (χ2n) is 5.73. The van der Waals surface area contributed by atoms with Crippen LogP contribution in [0, 0.1) is 13.8 Å². The average molecular weight is 409 g/mol. The lowest BCUT2D eigenvalue weighted by atomic mass is 10.1. The zero-order valence-electron chi connectivity index (χ0n) is 13.9. The maximum Gasteiger partial charge on any atom is 0.338 e. The molecule has 1 aromatic heterocycles. The van der Waals surface area contributed by atoms with Crippen LogP contribution < -0.4 is 5.32 Å². The van der Waals surface area contributed by atoms with Crippen LogP contribution in [-0.2, 0) is 9.53 Å². The van der Waals surface area contributed by atoms with Crippen molar-refractivity contribution in [3.63, 3.8) is 0 Å². The SMILES string of the molecule is Cc1cc(C)c2nc(NC(=O)COC(=O)c3cc(Cl)cc(Cl)c3)sc2c1. The van der Waals surface area contributed by atoms with Gasteiger partial charge in [-0.05, 0) is 49.2 Å². The number of esters is 1. The number of carbonyl (C=O) groups is 2. The van der Waals surface area contributed by atoms with Gasteiger partial charge in [-0.1, -0.05) is 40.6 Å². The molecular weight excluding hydrogens is 395 g/mol. The molecule has 0 aliphatic rings. The van der Waals surface area contributed by atoms with E-state index in [-0.39, 0.29) is 5.56 Å². The summed E-state index contributed by atoms with van der Waals surface area (Å²) in [5.41, 5.74) is 3.20. The van der Waals surface area contributed by atoms with Crippen LogP contribution in [0.25, 0.3) is 10.2 Å². The third-order valence-corrected chi connectivity index (χ3v) is 4.86. The van der Waals surface area contributed by atoms with Crippen LogP contribution in [0.4, 0.5) is 5.13 Å². The Balaban J connectivity index is 1.64. The number of halogens is 2. The number of aryl methyl sites for hydroxylation is 2. The molecule has 0 saturated carbocycles. The minimum atomic E-state index is -0.680. The molecule has 1 N–H and O–H groups in total. The normalized spacial score (nSPS) is 10.8. The lowest BCUT2D eigenvalue weighted by Gasteiger charge is -2.05. The average Bonchev–Trinajstić information content (AvgIpc) is 2.94. The largest absolute Gasteiger partial charge is 0.452 e. The van der Waals surface area contributed by atoms with Gasteiger partial charge >= 0.3 is 5.97 Å². The van der Waals surface area contributed by atoms with Gasteiger partial charge in [0.1, 0.15) is 0 Å². The van der Waals surface area contributed by atoms with Crippen molar-refractivity contribution in [1.82, 2.24) is 4.98 Å². The highest BCUT2D eigenvalue weighted by Crippen LogP contribution is 2.29. The van der Waals surface area contributed by atoms with E-state index in [2.05, 4.69) is 10.3 Å². The Morgan fingerprint density at radius 3 is 2.50 bits per heavy atom. The Bertz CT molecular complexity index is 997. The molecule has 0 bridgehead atoms. The van der Waals surface area contributed by atoms with Gasteiger partial charge in [0.2, 0.25) is 0 Å². The van der Waals surface area contributed by atoms with Gasteiger partial charge in [-0.25, -0.2) is 9.78 Å². The van der Waals surface area contributed by atoms with Gasteiger partial charge in [-0.2, -0.15) is 0 Å². The maximum atomic E-state index is 12.0. The Labute approximate surface area is 163 Å². The second-order valence-corrected chi connectivity index (χ2v) is 7.63. The fraction of sp³-hybridized carbons (Fsp3) is 0.167. The van der Waals surface area contributed by atoms with Crippen LogP contribution in [0.2, 0.25) is 10.0 Å². The van der Waals surface area contributed by atoms with Crippen molar-refractivity contribution in [3.05, 3.63) is 57.1 Å². The molecule has 2 aromatic carbocycles. The van der Waals surface area contributed by atoms with Gasteiger partial charge in [0.15, 0.2) is 11.7 Å². The van der Waals surface area contributed by atoms with Crippen LogP contribution in [0.3, 0.4) is 0 Å². The van der Waals surface area contributed by atoms with E-state index in [9.17, 15) is 9.59 Å². The molecule has 0 saturated heterocycles. The molecule has 26 heavy (non-hydrogen) atoms. The molecule has 8 heteroatoms. The summed E-state index contributed by atoms with van der Waals surface area (Å²) in [6, 6.07) is 8.40. The molecule has 0 radical (unpaired) electrons. The van der Waals surface area contributed by atoms with Gasteiger partial charge in [-0.3, -0.25) is 10.1 Å². The van der Waals surface area contributed by atoms with Crippen LogP contribution in [0.1, 0.15) is 21.5 Å². The number of thiazole rings is 1. The first-order valence-electron chi connectivity index (χ1n) is 7.62. The number of nitrogens with one attached hydrogen (secondary N) is 1. The fourth-order valence-corrected chi connectivity index (χ4v) is 4.05. The van der Waals surface area contributed by atoms with E-state index >= 15 is 0 Å². The molecular formula is C18H14Cl2N2O3S. The highest BCUT2D eigenvalue weighted by molar-refractivity contribution is 7.22. The number of anilines is 1. The molecule has 0 fully saturated rings. The van der Waals surface area contributed by atoms with Gasteiger partial charge in [0.05, 0.1) is 15.8 Å². The first kappa shape index (κ1) is 18.6. The van der Waals surface area contributed by atoms with Crippen LogP contribution in [0.5, 0.6) is 0 Å². The Morgan fingerprint density at radius 1 is 1.12 bits per heavy atom. The number of aromatic nitrogens is 1. The molecule has 0 atom stereocenters. The topological polar surface area (TPSA) is 68.3 Å². The zero-order chi connectivity index (χ0) is 18.8. The van der Waals surface area contributed by atoms with E-state index in [1.165, 1.54) is 29.5 Å². The Kier molecular flexibility index (Phi) is 5.46. The highest BCUT2D eigenvalue weighted by Gasteiger charge is 2.14. The first-order chi connectivity index (χ1) is 12.3. The molecule has 5 nitrogen and oxygen atoms in total. The smallest absolute Gasteiger partial charge is 0.338 e. The van der Waals surface area contributed by atoms with Crippen molar-refractivity contribution < 1.29 is 14.3 Å². The first-order valence-corrected chi connectivity index (χ1v) is 9.20. The maximum absolute atomic E-state index is 12.0. The number of hydrogen-bond donors (Lipinski definition) is 1. The third kappa shape index (κ3) is 4.33. The van der Waals surface area contributed by atoms with Gasteiger partial charge in [-0.15, -0.1) is 0 Å². The number of ether oxygens (including phenoxy) is 1. The summed E-state index contributed by atoms with van der Waals surface area (Å²) in [4.78, 5) is 28.4. The summed E-state index contributed by atoms with van der Waals surface area (Å²) in [5.74, 6) is -1.15. The number of amides is 1. The summed E-state index contributed by atoms with van der Waals surface area (Å²) >= 11 is 13.1. The van der Waals surface area contributed by atoms with Crippen molar-refractivity contribution >= 4 is 61.8 Å². The summed E-state index contributed by atoms with van der Waals surface area (Å²) in [5, 5.41) is 3.73. The number of hydrogen-bond acceptors (Lipinski definition) is 5. The van der Waals surface area contributed by atoms with E-state index in [1.54, 1.807) is 0 Å². The van der Waals surface area contributed by atoms with Crippen LogP contribution >= 0.6 is 34.5 Å². The monoisotopic (exact) mass is 408 g/mol. The molecule has 3 aromatic rings. The standard InChI is InChI=1S/C18H14Cl2N2O3S/c1-9-3-10(2)16-14(4-9)26-18(22-16)21-15(23)8-25-17(24)11-5-12(19)7-13(20)6-11/h3-7H,8H2,1-2H3,(H,21,22,23). The number of fused-ring (bicyclic) bond motifs is 1. The lowest BCUT2D eigenvalue weighted by molar-refractivity contribution is -0.119. The molecule has 3 rings (SSSR count). The number of benzene rings is 2. The Morgan fingerprint density at radius 2 is 1.81 bits per heavy atom. The van der Waals surface area contributed by atoms with E-state index in [0.29, 0.717) is 15.2 Å². The van der Waals surface area contributed by atoms with Crippen LogP contribution in [0.15, 0.2) is 30.3 Å². The minimum absolute atomic E-state index is 0.182. The van der Waals surface area contributed by atoms with Gasteiger partial charge in [0.25, 0.3) is 5.91 Å². The van der Waals surface area contributed by atoms with E-state index in [4.69, 9.17) is 27.9 Å². The second kappa shape index (κ2) is 7.61. The van der Waals surface area contributed by atoms with Crippen molar-refractivity contribution in [1.29, 1.82) is 0 Å². The quantitative estimate of drug-likeness (QED) is 0.615. The van der Waals surface area contributed by atoms with Crippen molar-refractivity contribution in [2.75, 3.05) is 11.9 Å². The van der Waals surface area contributed by atoms with E-state index < -0.39 is 18.5 Å². The molecule has 134 valence electrons. The summed E-state index contributed by atoms with van der Waals surface area (Å²) in [6.45, 7) is 3.54. The number of carbonyl (C=O) groups excluding carboxylic acids is 2. The van der Waals surface area contributed by atoms with E-state index in [1.807, 2.05) is 26.0 Å². The summed E-state index contributed by atoms with van der Waals surface area (Å²) < 4.78 is 5.99. The summed E-state index contributed by atoms with van der Waals surface area (Å²) in [6.07, 6.45) is 0. The lowest BCUT2D eigenvalue weighted by Crippen LogP contribution is -2.20. The van der Waals surface area contributed by atoms with Crippen molar-refractivity contribution in [2.45, 2.75) is 13.8 Å². The number of nitrogens with zero attached hydrogens (tertiary/aromatic N) is 1.